The fourth-order valence-corrected chi connectivity index (χ4v) is 2.92. The van der Waals surface area contributed by atoms with E-state index in [2.05, 4.69) is 27.4 Å². The van der Waals surface area contributed by atoms with E-state index in [-0.39, 0.29) is 0 Å². The molecule has 0 radical (unpaired) electrons. The highest BCUT2D eigenvalue weighted by Gasteiger charge is 2.30. The van der Waals surface area contributed by atoms with Crippen LogP contribution in [-0.2, 0) is 5.75 Å². The third-order valence-electron chi connectivity index (χ3n) is 3.45. The van der Waals surface area contributed by atoms with Gasteiger partial charge < -0.3 is 4.42 Å². The van der Waals surface area contributed by atoms with Gasteiger partial charge in [-0.1, -0.05) is 30.0 Å². The molecule has 4 rings (SSSR count). The summed E-state index contributed by atoms with van der Waals surface area (Å²) in [4.78, 5) is 4.70. The molecule has 1 aromatic carbocycles. The molecule has 0 unspecified atom stereocenters. The number of rotatable bonds is 5. The number of hydrogen-bond acceptors (Lipinski definition) is 6. The topological polar surface area (TPSA) is 69.6 Å². The molecule has 1 aliphatic carbocycles. The lowest BCUT2D eigenvalue weighted by Gasteiger charge is -2.03. The lowest BCUT2D eigenvalue weighted by Crippen LogP contribution is -2.01. The van der Waals surface area contributed by atoms with E-state index in [0.29, 0.717) is 23.5 Å². The van der Waals surface area contributed by atoms with Gasteiger partial charge in [-0.2, -0.15) is 0 Å². The molecule has 2 aromatic heterocycles. The van der Waals surface area contributed by atoms with Crippen molar-refractivity contribution in [3.63, 3.8) is 0 Å². The average Bonchev–Trinajstić information content (AvgIpc) is 3.17. The number of hydrogen-bond donors (Lipinski definition) is 0. The summed E-state index contributed by atoms with van der Waals surface area (Å²) >= 11 is 1.52. The van der Waals surface area contributed by atoms with Gasteiger partial charge in [0.05, 0.1) is 11.4 Å². The van der Waals surface area contributed by atoms with Crippen LogP contribution in [0, 0.1) is 6.92 Å². The molecule has 0 saturated heterocycles. The number of aryl methyl sites for hydroxylation is 1. The van der Waals surface area contributed by atoms with E-state index in [9.17, 15) is 0 Å². The van der Waals surface area contributed by atoms with Crippen molar-refractivity contribution >= 4 is 11.8 Å². The van der Waals surface area contributed by atoms with Crippen molar-refractivity contribution in [2.24, 2.45) is 0 Å². The van der Waals surface area contributed by atoms with Crippen LogP contribution in [0.2, 0.25) is 0 Å². The van der Waals surface area contributed by atoms with E-state index >= 15 is 0 Å². The van der Waals surface area contributed by atoms with E-state index < -0.39 is 0 Å². The van der Waals surface area contributed by atoms with Gasteiger partial charge in [-0.3, -0.25) is 0 Å². The summed E-state index contributed by atoms with van der Waals surface area (Å²) in [5, 5.41) is 13.2. The monoisotopic (exact) mass is 313 g/mol. The van der Waals surface area contributed by atoms with Gasteiger partial charge in [-0.05, 0) is 25.0 Å². The van der Waals surface area contributed by atoms with Crippen LogP contribution in [0.3, 0.4) is 0 Å². The summed E-state index contributed by atoms with van der Waals surface area (Å²) in [6.45, 7) is 1.79. The standard InChI is InChI=1S/C15H15N5OS/c1-10-17-18-13(21-10)9-22-15-16-14(11-7-8-11)20(19-15)12-5-3-2-4-6-12/h2-6,11H,7-9H2,1H3. The largest absolute Gasteiger partial charge is 0.425 e. The van der Waals surface area contributed by atoms with Crippen LogP contribution in [-0.4, -0.2) is 25.0 Å². The Morgan fingerprint density at radius 3 is 2.73 bits per heavy atom. The lowest BCUT2D eigenvalue weighted by molar-refractivity contribution is 0.485. The van der Waals surface area contributed by atoms with Crippen LogP contribution in [0.1, 0.15) is 36.4 Å². The van der Waals surface area contributed by atoms with Gasteiger partial charge in [0.15, 0.2) is 0 Å². The van der Waals surface area contributed by atoms with Crippen molar-refractivity contribution in [1.82, 2.24) is 25.0 Å². The molecule has 0 atom stereocenters. The molecule has 6 nitrogen and oxygen atoms in total. The predicted molar refractivity (Wildman–Crippen MR) is 81.9 cm³/mol. The van der Waals surface area contributed by atoms with E-state index in [1.165, 1.54) is 24.6 Å². The van der Waals surface area contributed by atoms with Crippen LogP contribution in [0.4, 0.5) is 0 Å². The number of thioether (sulfide) groups is 1. The average molecular weight is 313 g/mol. The summed E-state index contributed by atoms with van der Waals surface area (Å²) in [5.74, 6) is 3.36. The van der Waals surface area contributed by atoms with Gasteiger partial charge in [-0.15, -0.1) is 15.3 Å². The molecule has 0 bridgehead atoms. The Morgan fingerprint density at radius 1 is 1.23 bits per heavy atom. The van der Waals surface area contributed by atoms with Crippen LogP contribution in [0.25, 0.3) is 5.69 Å². The van der Waals surface area contributed by atoms with E-state index in [1.807, 2.05) is 22.9 Å². The zero-order valence-corrected chi connectivity index (χ0v) is 13.0. The minimum atomic E-state index is 0.535. The molecule has 3 aromatic rings. The van der Waals surface area contributed by atoms with Gasteiger partial charge >= 0.3 is 0 Å². The first-order chi connectivity index (χ1) is 10.8. The van der Waals surface area contributed by atoms with Crippen LogP contribution in [0.5, 0.6) is 0 Å². The number of benzene rings is 1. The van der Waals surface area contributed by atoms with Crippen molar-refractivity contribution in [2.45, 2.75) is 36.6 Å². The Hall–Kier alpha value is -2.15. The SMILES string of the molecule is Cc1nnc(CSc2nc(C3CC3)n(-c3ccccc3)n2)o1. The summed E-state index contributed by atoms with van der Waals surface area (Å²) in [6.07, 6.45) is 2.39. The maximum Gasteiger partial charge on any atom is 0.226 e. The summed E-state index contributed by atoms with van der Waals surface area (Å²) in [7, 11) is 0. The number of para-hydroxylation sites is 1. The molecule has 2 heterocycles. The molecule has 0 N–H and O–H groups in total. The van der Waals surface area contributed by atoms with Gasteiger partial charge in [0.1, 0.15) is 5.82 Å². The van der Waals surface area contributed by atoms with Crippen molar-refractivity contribution in [3.05, 3.63) is 47.9 Å². The number of nitrogens with zero attached hydrogens (tertiary/aromatic N) is 5. The molecule has 1 fully saturated rings. The Morgan fingerprint density at radius 2 is 2.05 bits per heavy atom. The quantitative estimate of drug-likeness (QED) is 0.674. The Bertz CT molecular complexity index is 778. The van der Waals surface area contributed by atoms with Crippen molar-refractivity contribution in [1.29, 1.82) is 0 Å². The second-order valence-corrected chi connectivity index (χ2v) is 6.22. The Kier molecular flexibility index (Phi) is 3.42. The second-order valence-electron chi connectivity index (χ2n) is 5.28. The summed E-state index contributed by atoms with van der Waals surface area (Å²) in [5.41, 5.74) is 1.05. The maximum absolute atomic E-state index is 5.38. The first kappa shape index (κ1) is 13.5. The molecule has 112 valence electrons. The van der Waals surface area contributed by atoms with Crippen LogP contribution < -0.4 is 0 Å². The molecule has 7 heteroatoms. The highest BCUT2D eigenvalue weighted by Crippen LogP contribution is 2.40. The smallest absolute Gasteiger partial charge is 0.226 e. The van der Waals surface area contributed by atoms with E-state index in [1.54, 1.807) is 6.92 Å². The Balaban J connectivity index is 1.58. The molecule has 0 aliphatic heterocycles. The molecule has 0 amide bonds. The minimum Gasteiger partial charge on any atom is -0.425 e. The summed E-state index contributed by atoms with van der Waals surface area (Å²) < 4.78 is 7.34. The highest BCUT2D eigenvalue weighted by atomic mass is 32.2. The van der Waals surface area contributed by atoms with Gasteiger partial charge in [-0.25, -0.2) is 9.67 Å². The molecular weight excluding hydrogens is 298 g/mol. The normalized spacial score (nSPS) is 14.4. The van der Waals surface area contributed by atoms with Gasteiger partial charge in [0.2, 0.25) is 16.9 Å². The molecule has 1 aliphatic rings. The first-order valence-corrected chi connectivity index (χ1v) is 8.22. The van der Waals surface area contributed by atoms with Crippen LogP contribution in [0.15, 0.2) is 39.9 Å². The fraction of sp³-hybridized carbons (Fsp3) is 0.333. The Labute approximate surface area is 132 Å². The van der Waals surface area contributed by atoms with E-state index in [0.717, 1.165) is 16.7 Å². The molecule has 22 heavy (non-hydrogen) atoms. The zero-order valence-electron chi connectivity index (χ0n) is 12.1. The minimum absolute atomic E-state index is 0.535. The fourth-order valence-electron chi connectivity index (χ4n) is 2.25. The third kappa shape index (κ3) is 2.76. The maximum atomic E-state index is 5.38. The van der Waals surface area contributed by atoms with E-state index in [4.69, 9.17) is 9.40 Å². The van der Waals surface area contributed by atoms with Gasteiger partial charge in [0, 0.05) is 12.8 Å². The highest BCUT2D eigenvalue weighted by molar-refractivity contribution is 7.98. The molecule has 0 spiro atoms. The van der Waals surface area contributed by atoms with Crippen molar-refractivity contribution in [2.75, 3.05) is 0 Å². The second kappa shape index (κ2) is 5.57. The summed E-state index contributed by atoms with van der Waals surface area (Å²) in [6, 6.07) is 10.1. The third-order valence-corrected chi connectivity index (χ3v) is 4.27. The molecular formula is C15H15N5OS. The lowest BCUT2D eigenvalue weighted by atomic mass is 10.3. The van der Waals surface area contributed by atoms with Gasteiger partial charge in [0.25, 0.3) is 0 Å². The van der Waals surface area contributed by atoms with Crippen LogP contribution >= 0.6 is 11.8 Å². The van der Waals surface area contributed by atoms with Crippen molar-refractivity contribution in [3.8, 4) is 5.69 Å². The predicted octanol–water partition coefficient (Wildman–Crippen LogP) is 3.13. The molecule has 1 saturated carbocycles. The van der Waals surface area contributed by atoms with Crippen molar-refractivity contribution < 1.29 is 4.42 Å². The number of aromatic nitrogens is 5. The first-order valence-electron chi connectivity index (χ1n) is 7.24. The zero-order chi connectivity index (χ0) is 14.9.